The third-order valence-corrected chi connectivity index (χ3v) is 6.36. The zero-order valence-corrected chi connectivity index (χ0v) is 17.7. The molecule has 1 aromatic heterocycles. The molecular formula is C23H22N4O5. The number of likely N-dealkylation sites (N-methyl/N-ethyl adjacent to an activating group) is 1. The minimum Gasteiger partial charge on any atom is -0.497 e. The van der Waals surface area contributed by atoms with Crippen LogP contribution in [0.25, 0.3) is 10.9 Å². The smallest absolute Gasteiger partial charge is 0.326 e. The van der Waals surface area contributed by atoms with Gasteiger partial charge in [0.15, 0.2) is 0 Å². The summed E-state index contributed by atoms with van der Waals surface area (Å²) in [5, 5.41) is 9.80. The first kappa shape index (κ1) is 20.1. The monoisotopic (exact) mass is 434 g/mol. The summed E-state index contributed by atoms with van der Waals surface area (Å²) in [6, 6.07) is 12.4. The predicted molar refractivity (Wildman–Crippen MR) is 115 cm³/mol. The Hall–Kier alpha value is -3.85. The van der Waals surface area contributed by atoms with E-state index < -0.39 is 11.8 Å². The molecule has 2 aliphatic heterocycles. The molecule has 32 heavy (non-hydrogen) atoms. The number of ether oxygens (including phenoxy) is 1. The first-order chi connectivity index (χ1) is 15.4. The lowest BCUT2D eigenvalue weighted by atomic mass is 9.89. The number of hydrogen-bond donors (Lipinski definition) is 2. The lowest BCUT2D eigenvalue weighted by Crippen LogP contribution is -2.56. The third kappa shape index (κ3) is 2.93. The molecule has 0 radical (unpaired) electrons. The number of fused-ring (bicyclic) bond motifs is 6. The molecule has 2 N–H and O–H groups in total. The van der Waals surface area contributed by atoms with Crippen molar-refractivity contribution >= 4 is 28.7 Å². The van der Waals surface area contributed by atoms with Crippen molar-refractivity contribution in [1.29, 1.82) is 0 Å². The van der Waals surface area contributed by atoms with Crippen molar-refractivity contribution in [3.63, 3.8) is 0 Å². The highest BCUT2D eigenvalue weighted by atomic mass is 16.5. The van der Waals surface area contributed by atoms with Gasteiger partial charge in [0.2, 0.25) is 5.91 Å². The number of rotatable bonds is 4. The molecule has 2 aliphatic rings. The fraction of sp³-hybridized carbons (Fsp3) is 0.261. The van der Waals surface area contributed by atoms with Crippen LogP contribution in [0.2, 0.25) is 0 Å². The number of imide groups is 1. The Morgan fingerprint density at radius 3 is 2.62 bits per heavy atom. The normalized spacial score (nSPS) is 17.5. The number of aromatic nitrogens is 1. The van der Waals surface area contributed by atoms with Gasteiger partial charge in [-0.2, -0.15) is 0 Å². The van der Waals surface area contributed by atoms with Gasteiger partial charge in [-0.25, -0.2) is 10.3 Å². The van der Waals surface area contributed by atoms with Gasteiger partial charge in [-0.3, -0.25) is 19.7 Å². The summed E-state index contributed by atoms with van der Waals surface area (Å²) in [6.45, 7) is 1.27. The van der Waals surface area contributed by atoms with Crippen LogP contribution >= 0.6 is 0 Å². The molecule has 0 spiro atoms. The van der Waals surface area contributed by atoms with Gasteiger partial charge < -0.3 is 14.2 Å². The second-order valence-corrected chi connectivity index (χ2v) is 8.08. The van der Waals surface area contributed by atoms with Crippen molar-refractivity contribution < 1.29 is 24.3 Å². The molecule has 2 aromatic carbocycles. The maximum absolute atomic E-state index is 13.0. The molecule has 1 atom stereocenters. The number of nitrogens with one attached hydrogen (secondary N) is 1. The van der Waals surface area contributed by atoms with Crippen molar-refractivity contribution in [2.75, 3.05) is 20.7 Å². The van der Waals surface area contributed by atoms with Crippen LogP contribution in [0, 0.1) is 0 Å². The minimum absolute atomic E-state index is 0.193. The topological polar surface area (TPSA) is 104 Å². The van der Waals surface area contributed by atoms with E-state index in [1.54, 1.807) is 29.6 Å². The van der Waals surface area contributed by atoms with Crippen molar-refractivity contribution in [2.24, 2.45) is 0 Å². The number of methoxy groups -OCH3 is 1. The maximum atomic E-state index is 13.0. The second kappa shape index (κ2) is 7.38. The lowest BCUT2D eigenvalue weighted by molar-refractivity contribution is -0.132. The molecule has 0 unspecified atom stereocenters. The molecule has 3 aromatic rings. The van der Waals surface area contributed by atoms with Crippen LogP contribution in [0.4, 0.5) is 4.79 Å². The van der Waals surface area contributed by atoms with Crippen molar-refractivity contribution in [2.45, 2.75) is 19.0 Å². The Labute approximate surface area is 183 Å². The average molecular weight is 434 g/mol. The number of urea groups is 1. The van der Waals surface area contributed by atoms with E-state index in [4.69, 9.17) is 9.94 Å². The van der Waals surface area contributed by atoms with Crippen LogP contribution in [-0.4, -0.2) is 58.1 Å². The molecular weight excluding hydrogens is 412 g/mol. The van der Waals surface area contributed by atoms with E-state index in [1.165, 1.54) is 11.9 Å². The van der Waals surface area contributed by atoms with Crippen molar-refractivity contribution in [1.82, 2.24) is 19.8 Å². The standard InChI is InChI=1S/C23H22N4O5/c1-25-22(29)17-11-26(23(25)30)12-19-20(17)16-8-7-15(32-2)9-18(16)27(19)10-13-3-5-14(6-4-13)21(28)24-31/h3-9,17,31H,10-12H2,1-2H3,(H,24,28)/t17-/m1/s1. The van der Waals surface area contributed by atoms with Gasteiger partial charge in [-0.05, 0) is 35.4 Å². The summed E-state index contributed by atoms with van der Waals surface area (Å²) in [5.74, 6) is -0.478. The van der Waals surface area contributed by atoms with Crippen LogP contribution in [0.1, 0.15) is 33.1 Å². The van der Waals surface area contributed by atoms with E-state index in [1.807, 2.05) is 30.3 Å². The van der Waals surface area contributed by atoms with E-state index in [2.05, 4.69) is 4.57 Å². The van der Waals surface area contributed by atoms with Crippen LogP contribution < -0.4 is 10.2 Å². The third-order valence-electron chi connectivity index (χ3n) is 6.36. The summed E-state index contributed by atoms with van der Waals surface area (Å²) in [4.78, 5) is 40.1. The molecule has 1 saturated heterocycles. The van der Waals surface area contributed by atoms with Gasteiger partial charge in [-0.1, -0.05) is 12.1 Å². The van der Waals surface area contributed by atoms with Gasteiger partial charge in [0.05, 0.1) is 25.1 Å². The van der Waals surface area contributed by atoms with Gasteiger partial charge in [0, 0.05) is 42.8 Å². The lowest BCUT2D eigenvalue weighted by Gasteiger charge is -2.41. The highest BCUT2D eigenvalue weighted by molar-refractivity contribution is 6.04. The molecule has 3 heterocycles. The van der Waals surface area contributed by atoms with Crippen molar-refractivity contribution in [3.8, 4) is 5.75 Å². The first-order valence-corrected chi connectivity index (χ1v) is 10.2. The predicted octanol–water partition coefficient (Wildman–Crippen LogP) is 2.31. The van der Waals surface area contributed by atoms with E-state index in [-0.39, 0.29) is 11.9 Å². The largest absolute Gasteiger partial charge is 0.497 e. The van der Waals surface area contributed by atoms with E-state index in [9.17, 15) is 14.4 Å². The summed E-state index contributed by atoms with van der Waals surface area (Å²) in [5.41, 5.74) is 5.71. The van der Waals surface area contributed by atoms with Crippen LogP contribution in [0.15, 0.2) is 42.5 Å². The number of benzene rings is 2. The Balaban J connectivity index is 1.65. The summed E-state index contributed by atoms with van der Waals surface area (Å²) in [6.07, 6.45) is 0. The number of hydrogen-bond acceptors (Lipinski definition) is 5. The Morgan fingerprint density at radius 2 is 1.94 bits per heavy atom. The van der Waals surface area contributed by atoms with Crippen LogP contribution in [-0.2, 0) is 17.9 Å². The number of hydroxylamine groups is 1. The zero-order valence-electron chi connectivity index (χ0n) is 17.7. The quantitative estimate of drug-likeness (QED) is 0.484. The fourth-order valence-electron chi connectivity index (χ4n) is 4.73. The summed E-state index contributed by atoms with van der Waals surface area (Å²) >= 11 is 0. The Kier molecular flexibility index (Phi) is 4.63. The molecule has 164 valence electrons. The molecule has 0 saturated carbocycles. The first-order valence-electron chi connectivity index (χ1n) is 10.2. The number of carbonyl (C=O) groups excluding carboxylic acids is 3. The maximum Gasteiger partial charge on any atom is 0.326 e. The molecule has 0 aliphatic carbocycles. The van der Waals surface area contributed by atoms with E-state index in [0.29, 0.717) is 30.9 Å². The van der Waals surface area contributed by atoms with Gasteiger partial charge >= 0.3 is 6.03 Å². The van der Waals surface area contributed by atoms with Crippen molar-refractivity contribution in [3.05, 3.63) is 64.8 Å². The molecule has 1 fully saturated rings. The van der Waals surface area contributed by atoms with E-state index >= 15 is 0 Å². The minimum atomic E-state index is -0.577. The second-order valence-electron chi connectivity index (χ2n) is 8.08. The van der Waals surface area contributed by atoms with E-state index in [0.717, 1.165) is 27.7 Å². The highest BCUT2D eigenvalue weighted by Gasteiger charge is 2.44. The SMILES string of the molecule is COc1ccc2c3c(n(Cc4ccc(C(=O)NO)cc4)c2c1)CN1C[C@H]3C(=O)N(C)C1=O. The molecule has 4 amide bonds. The Bertz CT molecular complexity index is 1260. The van der Waals surface area contributed by atoms with Crippen LogP contribution in [0.3, 0.4) is 0 Å². The summed E-state index contributed by atoms with van der Waals surface area (Å²) in [7, 11) is 3.14. The van der Waals surface area contributed by atoms with Gasteiger partial charge in [0.25, 0.3) is 5.91 Å². The Morgan fingerprint density at radius 1 is 1.19 bits per heavy atom. The fourth-order valence-corrected chi connectivity index (χ4v) is 4.73. The number of amides is 4. The van der Waals surface area contributed by atoms with Gasteiger partial charge in [0.1, 0.15) is 5.75 Å². The number of carbonyl (C=O) groups is 3. The average Bonchev–Trinajstić information content (AvgIpc) is 3.13. The molecule has 9 heteroatoms. The van der Waals surface area contributed by atoms with Gasteiger partial charge in [-0.15, -0.1) is 0 Å². The summed E-state index contributed by atoms with van der Waals surface area (Å²) < 4.78 is 7.55. The zero-order chi connectivity index (χ0) is 22.6. The molecule has 9 nitrogen and oxygen atoms in total. The molecule has 5 rings (SSSR count). The molecule has 2 bridgehead atoms. The highest BCUT2D eigenvalue weighted by Crippen LogP contribution is 2.41. The van der Waals surface area contributed by atoms with Crippen LogP contribution in [0.5, 0.6) is 5.75 Å². The number of nitrogens with zero attached hydrogens (tertiary/aromatic N) is 3.